The van der Waals surface area contributed by atoms with Crippen LogP contribution in [0.5, 0.6) is 0 Å². The van der Waals surface area contributed by atoms with Crippen molar-refractivity contribution in [2.45, 2.75) is 45.6 Å². The molecule has 2 aliphatic carbocycles. The van der Waals surface area contributed by atoms with Gasteiger partial charge in [0.05, 0.1) is 12.3 Å². The Morgan fingerprint density at radius 1 is 1.35 bits per heavy atom. The number of pyridine rings is 1. The van der Waals surface area contributed by atoms with Gasteiger partial charge < -0.3 is 19.4 Å². The van der Waals surface area contributed by atoms with Gasteiger partial charge in [0.25, 0.3) is 11.5 Å². The third-order valence-corrected chi connectivity index (χ3v) is 4.70. The van der Waals surface area contributed by atoms with Gasteiger partial charge in [0, 0.05) is 19.2 Å². The largest absolute Gasteiger partial charge is 0.489 e. The number of ether oxygens (including phenoxy) is 2. The third-order valence-electron chi connectivity index (χ3n) is 4.70. The summed E-state index contributed by atoms with van der Waals surface area (Å²) in [4.78, 5) is 25.4. The Bertz CT molecular complexity index is 801. The molecular weight excluding hydrogens is 332 g/mol. The van der Waals surface area contributed by atoms with Crippen molar-refractivity contribution < 1.29 is 14.3 Å². The molecule has 1 heterocycles. The van der Waals surface area contributed by atoms with E-state index in [0.717, 1.165) is 23.4 Å². The summed E-state index contributed by atoms with van der Waals surface area (Å²) in [6, 6.07) is 1.77. The molecule has 0 aromatic carbocycles. The first-order chi connectivity index (χ1) is 12.2. The van der Waals surface area contributed by atoms with E-state index in [-0.39, 0.29) is 17.0 Å². The summed E-state index contributed by atoms with van der Waals surface area (Å²) in [5.74, 6) is 1.20. The Balaban J connectivity index is 1.93. The summed E-state index contributed by atoms with van der Waals surface area (Å²) in [5, 5.41) is 2.88. The average molecular weight is 360 g/mol. The lowest BCUT2D eigenvalue weighted by Gasteiger charge is -2.24. The molecule has 1 amide bonds. The molecule has 1 aromatic rings. The molecule has 1 aromatic heterocycles. The smallest absolute Gasteiger partial charge is 0.263 e. The molecule has 26 heavy (non-hydrogen) atoms. The van der Waals surface area contributed by atoms with Crippen LogP contribution in [0.1, 0.15) is 61.6 Å². The molecule has 2 atom stereocenters. The molecule has 1 fully saturated rings. The van der Waals surface area contributed by atoms with Crippen molar-refractivity contribution in [2.24, 2.45) is 13.0 Å². The standard InChI is InChI=1S/C20H28N2O4/c1-6-25-7-8-26-16-10-12-9-13(12)14-11-15(18(23)21-20(2,3)4)19(24)22(5)17(14)16/h10-13H,6-9H2,1-5H3,(H,21,23). The monoisotopic (exact) mass is 360 g/mol. The first kappa shape index (κ1) is 18.7. The van der Waals surface area contributed by atoms with Crippen molar-refractivity contribution in [3.05, 3.63) is 39.3 Å². The van der Waals surface area contributed by atoms with Crippen molar-refractivity contribution in [1.82, 2.24) is 9.88 Å². The van der Waals surface area contributed by atoms with Gasteiger partial charge in [-0.15, -0.1) is 0 Å². The number of hydrogen-bond donors (Lipinski definition) is 1. The molecule has 6 nitrogen and oxygen atoms in total. The van der Waals surface area contributed by atoms with Gasteiger partial charge in [-0.3, -0.25) is 9.59 Å². The van der Waals surface area contributed by atoms with Crippen LogP contribution in [-0.4, -0.2) is 35.8 Å². The van der Waals surface area contributed by atoms with Crippen LogP contribution in [-0.2, 0) is 16.5 Å². The lowest BCUT2D eigenvalue weighted by atomic mass is 9.97. The molecular formula is C20H28N2O4. The fourth-order valence-electron chi connectivity index (χ4n) is 3.42. The van der Waals surface area contributed by atoms with E-state index in [4.69, 9.17) is 9.47 Å². The fraction of sp³-hybridized carbons (Fsp3) is 0.600. The Morgan fingerprint density at radius 3 is 2.73 bits per heavy atom. The first-order valence-corrected chi connectivity index (χ1v) is 9.22. The number of carbonyl (C=O) groups excluding carboxylic acids is 1. The number of nitrogens with one attached hydrogen (secondary N) is 1. The average Bonchev–Trinajstić information content (AvgIpc) is 3.32. The van der Waals surface area contributed by atoms with Gasteiger partial charge in [0.15, 0.2) is 0 Å². The van der Waals surface area contributed by atoms with Gasteiger partial charge in [-0.25, -0.2) is 0 Å². The van der Waals surface area contributed by atoms with Gasteiger partial charge in [-0.05, 0) is 63.7 Å². The molecule has 6 heteroatoms. The zero-order valence-corrected chi connectivity index (χ0v) is 16.2. The van der Waals surface area contributed by atoms with Gasteiger partial charge in [0.1, 0.15) is 17.9 Å². The highest BCUT2D eigenvalue weighted by Crippen LogP contribution is 2.54. The van der Waals surface area contributed by atoms with E-state index < -0.39 is 5.54 Å². The second-order valence-electron chi connectivity index (χ2n) is 8.01. The van der Waals surface area contributed by atoms with Crippen LogP contribution in [0.4, 0.5) is 0 Å². The number of hydrogen-bond acceptors (Lipinski definition) is 4. The minimum Gasteiger partial charge on any atom is -0.489 e. The summed E-state index contributed by atoms with van der Waals surface area (Å²) in [7, 11) is 1.71. The summed E-state index contributed by atoms with van der Waals surface area (Å²) < 4.78 is 12.8. The molecule has 0 bridgehead atoms. The fourth-order valence-corrected chi connectivity index (χ4v) is 3.42. The predicted molar refractivity (Wildman–Crippen MR) is 100 cm³/mol. The zero-order valence-electron chi connectivity index (χ0n) is 16.2. The van der Waals surface area contributed by atoms with Crippen LogP contribution >= 0.6 is 0 Å². The van der Waals surface area contributed by atoms with E-state index >= 15 is 0 Å². The van der Waals surface area contributed by atoms with Crippen molar-refractivity contribution in [1.29, 1.82) is 0 Å². The molecule has 0 radical (unpaired) electrons. The number of aromatic nitrogens is 1. The number of fused-ring (bicyclic) bond motifs is 3. The van der Waals surface area contributed by atoms with Gasteiger partial charge >= 0.3 is 0 Å². The maximum atomic E-state index is 12.8. The second kappa shape index (κ2) is 6.91. The number of nitrogens with zero attached hydrogens (tertiary/aromatic N) is 1. The lowest BCUT2D eigenvalue weighted by molar-refractivity contribution is 0.0917. The topological polar surface area (TPSA) is 69.6 Å². The Labute approximate surface area is 154 Å². The Kier molecular flexibility index (Phi) is 4.97. The lowest BCUT2D eigenvalue weighted by Crippen LogP contribution is -2.43. The Morgan fingerprint density at radius 2 is 2.08 bits per heavy atom. The quantitative estimate of drug-likeness (QED) is 0.791. The molecule has 142 valence electrons. The van der Waals surface area contributed by atoms with Crippen molar-refractivity contribution in [3.63, 3.8) is 0 Å². The van der Waals surface area contributed by atoms with Gasteiger partial charge in [0.2, 0.25) is 0 Å². The molecule has 1 saturated carbocycles. The molecule has 0 spiro atoms. The van der Waals surface area contributed by atoms with Crippen LogP contribution in [0, 0.1) is 5.92 Å². The van der Waals surface area contributed by atoms with Crippen LogP contribution in [0.3, 0.4) is 0 Å². The second-order valence-corrected chi connectivity index (χ2v) is 8.01. The zero-order chi connectivity index (χ0) is 19.1. The van der Waals surface area contributed by atoms with E-state index in [9.17, 15) is 9.59 Å². The van der Waals surface area contributed by atoms with Crippen molar-refractivity contribution in [3.8, 4) is 0 Å². The summed E-state index contributed by atoms with van der Waals surface area (Å²) in [5.41, 5.74) is 1.32. The maximum absolute atomic E-state index is 12.8. The van der Waals surface area contributed by atoms with E-state index in [1.54, 1.807) is 17.7 Å². The van der Waals surface area contributed by atoms with Crippen LogP contribution in [0.25, 0.3) is 5.76 Å². The van der Waals surface area contributed by atoms with E-state index in [1.165, 1.54) is 0 Å². The van der Waals surface area contributed by atoms with Gasteiger partial charge in [-0.2, -0.15) is 0 Å². The third kappa shape index (κ3) is 3.70. The number of amides is 1. The van der Waals surface area contributed by atoms with Gasteiger partial charge in [-0.1, -0.05) is 0 Å². The van der Waals surface area contributed by atoms with E-state index in [0.29, 0.717) is 31.7 Å². The number of allylic oxidation sites excluding steroid dienone is 1. The summed E-state index contributed by atoms with van der Waals surface area (Å²) >= 11 is 0. The Hall–Kier alpha value is -2.08. The van der Waals surface area contributed by atoms with Crippen molar-refractivity contribution >= 4 is 11.7 Å². The molecule has 0 aliphatic heterocycles. The van der Waals surface area contributed by atoms with Crippen LogP contribution in [0.15, 0.2) is 16.9 Å². The first-order valence-electron chi connectivity index (χ1n) is 9.22. The van der Waals surface area contributed by atoms with Crippen LogP contribution < -0.4 is 10.9 Å². The maximum Gasteiger partial charge on any atom is 0.263 e. The summed E-state index contributed by atoms with van der Waals surface area (Å²) in [6.07, 6.45) is 3.14. The minimum absolute atomic E-state index is 0.197. The normalized spacial score (nSPS) is 20.7. The highest BCUT2D eigenvalue weighted by Gasteiger charge is 2.44. The van der Waals surface area contributed by atoms with Crippen molar-refractivity contribution in [2.75, 3.05) is 19.8 Å². The molecule has 2 unspecified atom stereocenters. The molecule has 0 saturated heterocycles. The highest BCUT2D eigenvalue weighted by atomic mass is 16.5. The number of carbonyl (C=O) groups is 1. The van der Waals surface area contributed by atoms with E-state index in [1.807, 2.05) is 27.7 Å². The predicted octanol–water partition coefficient (Wildman–Crippen LogP) is 2.42. The highest BCUT2D eigenvalue weighted by molar-refractivity contribution is 5.95. The molecule has 1 N–H and O–H groups in total. The summed E-state index contributed by atoms with van der Waals surface area (Å²) in [6.45, 7) is 9.24. The van der Waals surface area contributed by atoms with E-state index in [2.05, 4.69) is 11.4 Å². The minimum atomic E-state index is -0.395. The van der Waals surface area contributed by atoms with Crippen LogP contribution in [0.2, 0.25) is 0 Å². The molecule has 2 aliphatic rings. The SMILES string of the molecule is CCOCCOC1=CC2CC2c2cc(C(=O)NC(C)(C)C)c(=O)n(C)c21. The molecule has 3 rings (SSSR count). The number of rotatable bonds is 6.